The molecule has 0 aliphatic rings. The fourth-order valence-electron chi connectivity index (χ4n) is 7.87. The Morgan fingerprint density at radius 3 is 1.26 bits per heavy atom. The quantitative estimate of drug-likeness (QED) is 0.0297. The van der Waals surface area contributed by atoms with Gasteiger partial charge in [-0.05, 0) is 87.0 Å². The van der Waals surface area contributed by atoms with Gasteiger partial charge in [0.2, 0.25) is 0 Å². The normalized spacial score (nSPS) is 12.1. The molecule has 0 saturated carbocycles. The topological polar surface area (TPSA) is 101 Å². The second-order valence-electron chi connectivity index (χ2n) is 16.6. The van der Waals surface area contributed by atoms with E-state index in [1.54, 1.807) is 12.1 Å². The summed E-state index contributed by atoms with van der Waals surface area (Å²) >= 11 is 13.9. The Kier molecular flexibility index (Phi) is 26.8. The number of aromatic hydroxyl groups is 2. The summed E-state index contributed by atoms with van der Waals surface area (Å²) in [5.41, 5.74) is 5.48. The van der Waals surface area contributed by atoms with Crippen molar-refractivity contribution in [1.82, 2.24) is 0 Å². The fraction of sp³-hybridized carbons (Fsp3) is 0.625. The van der Waals surface area contributed by atoms with E-state index in [-0.39, 0.29) is 16.9 Å². The number of hydrogen-bond donors (Lipinski definition) is 5. The maximum absolute atomic E-state index is 10.3. The number of rotatable bonds is 27. The molecule has 0 fully saturated rings. The predicted molar refractivity (Wildman–Crippen MR) is 265 cm³/mol. The molecule has 10 heteroatoms. The molecule has 58 heavy (non-hydrogen) atoms. The predicted octanol–water partition coefficient (Wildman–Crippen LogP) is 16.1. The van der Waals surface area contributed by atoms with Gasteiger partial charge in [-0.1, -0.05) is 32.9 Å². The van der Waals surface area contributed by atoms with Crippen LogP contribution < -0.4 is 5.30 Å². The molecule has 0 amide bonds. The zero-order chi connectivity index (χ0) is 43.1. The van der Waals surface area contributed by atoms with Gasteiger partial charge in [0.1, 0.15) is 11.5 Å². The molecule has 0 radical (unpaired) electrons. The number of phenols is 2. The van der Waals surface area contributed by atoms with Crippen molar-refractivity contribution in [3.05, 3.63) is 82.1 Å². The van der Waals surface area contributed by atoms with Crippen LogP contribution in [0.25, 0.3) is 0 Å². The van der Waals surface area contributed by atoms with Crippen molar-refractivity contribution in [3.63, 3.8) is 0 Å². The van der Waals surface area contributed by atoms with Gasteiger partial charge in [-0.2, -0.15) is 0 Å². The second kappa shape index (κ2) is 29.0. The summed E-state index contributed by atoms with van der Waals surface area (Å²) < 4.78 is 2.76. The zero-order valence-electron chi connectivity index (χ0n) is 36.2. The average molecular weight is 1080 g/mol. The van der Waals surface area contributed by atoms with Gasteiger partial charge >= 0.3 is 225 Å². The summed E-state index contributed by atoms with van der Waals surface area (Å²) in [5, 5.41) is 20.0. The first kappa shape index (κ1) is 53.6. The van der Waals surface area contributed by atoms with Gasteiger partial charge in [0.25, 0.3) is 0 Å². The molecular formula is C48H75Br4O5P. The van der Waals surface area contributed by atoms with Crippen molar-refractivity contribution in [2.24, 2.45) is 0 Å². The first-order valence-electron chi connectivity index (χ1n) is 22.3. The van der Waals surface area contributed by atoms with Gasteiger partial charge in [0.15, 0.2) is 0 Å². The number of halogens is 4. The van der Waals surface area contributed by atoms with E-state index in [0.717, 1.165) is 57.7 Å². The summed E-state index contributed by atoms with van der Waals surface area (Å²) in [7, 11) is -4.34. The van der Waals surface area contributed by atoms with Crippen LogP contribution in [-0.2, 0) is 24.7 Å². The Morgan fingerprint density at radius 2 is 0.845 bits per heavy atom. The average Bonchev–Trinajstić information content (AvgIpc) is 3.18. The maximum atomic E-state index is 10.3. The van der Waals surface area contributed by atoms with Crippen LogP contribution in [0.1, 0.15) is 197 Å². The van der Waals surface area contributed by atoms with Crippen LogP contribution in [0.5, 0.6) is 11.5 Å². The summed E-state index contributed by atoms with van der Waals surface area (Å²) in [6, 6.07) is 11.1. The van der Waals surface area contributed by atoms with Crippen molar-refractivity contribution in [3.8, 4) is 11.5 Å². The zero-order valence-corrected chi connectivity index (χ0v) is 43.5. The van der Waals surface area contributed by atoms with E-state index in [9.17, 15) is 24.9 Å². The van der Waals surface area contributed by atoms with Crippen molar-refractivity contribution >= 4 is 77.0 Å². The Hall–Kier alpha value is -0.510. The van der Waals surface area contributed by atoms with Gasteiger partial charge in [-0.3, -0.25) is 0 Å². The van der Waals surface area contributed by atoms with Crippen LogP contribution in [0.15, 0.2) is 54.3 Å². The Morgan fingerprint density at radius 1 is 0.466 bits per heavy atom. The molecule has 0 aromatic heterocycles. The van der Waals surface area contributed by atoms with Crippen LogP contribution in [0.2, 0.25) is 0 Å². The van der Waals surface area contributed by atoms with Gasteiger partial charge in [0.05, 0.1) is 8.95 Å². The van der Waals surface area contributed by atoms with Crippen LogP contribution in [-0.4, -0.2) is 24.9 Å². The van der Waals surface area contributed by atoms with Gasteiger partial charge in [-0.25, -0.2) is 0 Å². The molecule has 330 valence electrons. The van der Waals surface area contributed by atoms with E-state index in [1.165, 1.54) is 133 Å². The number of benzene rings is 3. The number of hydrogen-bond acceptors (Lipinski definition) is 5. The Bertz CT molecular complexity index is 1580. The third-order valence-electron chi connectivity index (χ3n) is 11.5. The molecule has 0 saturated heterocycles. The van der Waals surface area contributed by atoms with E-state index in [4.69, 9.17) is 0 Å². The molecule has 5 N–H and O–H groups in total. The molecule has 0 heterocycles. The first-order chi connectivity index (χ1) is 27.6. The van der Waals surface area contributed by atoms with Crippen LogP contribution in [0.4, 0.5) is 0 Å². The van der Waals surface area contributed by atoms with E-state index < -0.39 is 7.94 Å². The minimum atomic E-state index is -4.34. The third kappa shape index (κ3) is 18.1. The molecule has 0 atom stereocenters. The molecule has 3 aromatic rings. The molecule has 5 nitrogen and oxygen atoms in total. The monoisotopic (exact) mass is 1080 g/mol. The molecule has 0 unspecified atom stereocenters. The summed E-state index contributed by atoms with van der Waals surface area (Å²) in [6.45, 7) is 10.9. The SMILES string of the molecule is CC(C)(c1ccc(O)cc1)c1c(Br)c(Br)c(O)c(Br)c1Br.CCCCCCCCCc1ccc([PH](O)(O)O)c(CCCCCCCCC)c1CCCCCCCCC. The number of unbranched alkanes of at least 4 members (excludes halogenated alkanes) is 18. The van der Waals surface area contributed by atoms with Crippen molar-refractivity contribution in [1.29, 1.82) is 0 Å². The molecular weight excluding hydrogens is 1010 g/mol. The van der Waals surface area contributed by atoms with E-state index in [2.05, 4.69) is 104 Å². The Labute approximate surface area is 386 Å². The molecule has 0 aliphatic carbocycles. The second-order valence-corrected chi connectivity index (χ2v) is 21.6. The van der Waals surface area contributed by atoms with Crippen molar-refractivity contribution in [2.75, 3.05) is 0 Å². The van der Waals surface area contributed by atoms with Gasteiger partial charge < -0.3 is 10.2 Å². The summed E-state index contributed by atoms with van der Waals surface area (Å²) in [4.78, 5) is 31.0. The van der Waals surface area contributed by atoms with Gasteiger partial charge in [-0.15, -0.1) is 0 Å². The van der Waals surface area contributed by atoms with E-state index >= 15 is 0 Å². The van der Waals surface area contributed by atoms with Gasteiger partial charge in [0, 0.05) is 14.4 Å². The van der Waals surface area contributed by atoms with Crippen LogP contribution >= 0.6 is 71.7 Å². The molecule has 0 aliphatic heterocycles. The molecule has 0 spiro atoms. The minimum absolute atomic E-state index is 0.138. The number of phenolic OH excluding ortho intramolecular Hbond substituents is 2. The van der Waals surface area contributed by atoms with E-state index in [1.807, 2.05) is 18.2 Å². The van der Waals surface area contributed by atoms with Crippen molar-refractivity contribution < 1.29 is 24.9 Å². The number of aryl methyl sites for hydroxylation is 1. The summed E-state index contributed by atoms with van der Waals surface area (Å²) in [6.07, 6.45) is 29.7. The molecule has 0 bridgehead atoms. The first-order valence-corrected chi connectivity index (χ1v) is 27.3. The molecule has 3 rings (SSSR count). The standard InChI is InChI=1S/C33H63O3P.C15H12Br4O2/c1-4-7-10-13-16-19-22-25-30-28-29-33(37(34,35)36)32(27-24-21-18-15-12-9-6-3)31(30)26-23-20-17-14-11-8-5-2;1-15(2,7-3-5-8(20)6-4-7)9-10(16)12(18)14(21)13(19)11(9)17/h28-29,34-37H,4-27H2,1-3H3;3-6,20-21H,1-2H3. The van der Waals surface area contributed by atoms with Crippen molar-refractivity contribution in [2.45, 2.75) is 194 Å². The van der Waals surface area contributed by atoms with Crippen LogP contribution in [0.3, 0.4) is 0 Å². The summed E-state index contributed by atoms with van der Waals surface area (Å²) in [5.74, 6) is 0.375. The fourth-order valence-corrected chi connectivity index (χ4v) is 11.9. The van der Waals surface area contributed by atoms with E-state index in [0.29, 0.717) is 14.2 Å². The van der Waals surface area contributed by atoms with Crippen LogP contribution in [0, 0.1) is 0 Å². The third-order valence-corrected chi connectivity index (χ3v) is 16.8. The Balaban J connectivity index is 0.000000463. The molecule has 3 aromatic carbocycles.